The fourth-order valence-electron chi connectivity index (χ4n) is 2.77. The van der Waals surface area contributed by atoms with E-state index in [1.165, 1.54) is 11.8 Å². The van der Waals surface area contributed by atoms with Gasteiger partial charge in [0.25, 0.3) is 5.56 Å². The lowest BCUT2D eigenvalue weighted by atomic mass is 10.2. The van der Waals surface area contributed by atoms with Gasteiger partial charge >= 0.3 is 11.7 Å². The van der Waals surface area contributed by atoms with Crippen LogP contribution in [0.4, 0.5) is 0 Å². The van der Waals surface area contributed by atoms with E-state index in [1.54, 1.807) is 18.4 Å². The first-order valence-corrected chi connectivity index (χ1v) is 10.6. The van der Waals surface area contributed by atoms with Crippen LogP contribution < -0.4 is 11.2 Å². The SMILES string of the molecule is CCCn1c(SC(C)c2nc3sc(C(=O)OCC)c(C)c3c(=O)[nH]2)n[nH]c1=O. The number of hydrogen-bond acceptors (Lipinski definition) is 8. The Hall–Kier alpha value is -2.40. The Morgan fingerprint density at radius 1 is 1.36 bits per heavy atom. The molecule has 0 aliphatic carbocycles. The van der Waals surface area contributed by atoms with Gasteiger partial charge in [-0.25, -0.2) is 19.7 Å². The molecule has 3 aromatic rings. The number of nitrogens with zero attached hydrogens (tertiary/aromatic N) is 3. The van der Waals surface area contributed by atoms with Crippen LogP contribution in [0.15, 0.2) is 14.7 Å². The van der Waals surface area contributed by atoms with Crippen molar-refractivity contribution in [1.29, 1.82) is 0 Å². The van der Waals surface area contributed by atoms with Crippen LogP contribution in [0.1, 0.15) is 53.5 Å². The minimum atomic E-state index is -0.452. The third kappa shape index (κ3) is 3.76. The molecule has 0 saturated heterocycles. The predicted octanol–water partition coefficient (Wildman–Crippen LogP) is 2.62. The van der Waals surface area contributed by atoms with E-state index >= 15 is 0 Å². The van der Waals surface area contributed by atoms with Crippen LogP contribution >= 0.6 is 23.1 Å². The molecule has 0 amide bonds. The summed E-state index contributed by atoms with van der Waals surface area (Å²) >= 11 is 2.48. The molecule has 11 heteroatoms. The first kappa shape index (κ1) is 20.3. The monoisotopic (exact) mass is 423 g/mol. The Kier molecular flexibility index (Phi) is 6.04. The number of aromatic amines is 2. The molecule has 0 fully saturated rings. The molecule has 150 valence electrons. The molecule has 0 aromatic carbocycles. The molecule has 3 aromatic heterocycles. The zero-order chi connectivity index (χ0) is 20.4. The third-order valence-corrected chi connectivity index (χ3v) is 6.38. The summed E-state index contributed by atoms with van der Waals surface area (Å²) in [4.78, 5) is 44.8. The first-order chi connectivity index (χ1) is 13.4. The Labute approximate surface area is 168 Å². The van der Waals surface area contributed by atoms with Crippen LogP contribution in [-0.4, -0.2) is 37.3 Å². The standard InChI is InChI=1S/C17H21N5O4S2/c1-5-7-22-16(25)20-21-17(22)27-9(4)12-18-13(23)10-8(3)11(15(24)26-6-2)28-14(10)19-12/h9H,5-7H2,1-4H3,(H,20,25)(H,18,19,23). The molecule has 0 radical (unpaired) electrons. The maximum Gasteiger partial charge on any atom is 0.348 e. The van der Waals surface area contributed by atoms with Gasteiger partial charge in [0.2, 0.25) is 0 Å². The topological polar surface area (TPSA) is 123 Å². The van der Waals surface area contributed by atoms with Crippen molar-refractivity contribution in [3.8, 4) is 0 Å². The van der Waals surface area contributed by atoms with Gasteiger partial charge in [0.15, 0.2) is 5.16 Å². The quantitative estimate of drug-likeness (QED) is 0.442. The zero-order valence-corrected chi connectivity index (χ0v) is 17.6. The molecule has 9 nitrogen and oxygen atoms in total. The zero-order valence-electron chi connectivity index (χ0n) is 16.0. The van der Waals surface area contributed by atoms with Gasteiger partial charge in [0.05, 0.1) is 17.2 Å². The van der Waals surface area contributed by atoms with E-state index in [-0.39, 0.29) is 23.1 Å². The van der Waals surface area contributed by atoms with E-state index in [2.05, 4.69) is 20.2 Å². The van der Waals surface area contributed by atoms with E-state index in [9.17, 15) is 14.4 Å². The smallest absolute Gasteiger partial charge is 0.348 e. The van der Waals surface area contributed by atoms with E-state index in [4.69, 9.17) is 4.74 Å². The van der Waals surface area contributed by atoms with Gasteiger partial charge < -0.3 is 9.72 Å². The van der Waals surface area contributed by atoms with Crippen LogP contribution in [0.3, 0.4) is 0 Å². The second-order valence-corrected chi connectivity index (χ2v) is 8.44. The highest BCUT2D eigenvalue weighted by Crippen LogP contribution is 2.33. The van der Waals surface area contributed by atoms with Crippen molar-refractivity contribution in [3.63, 3.8) is 0 Å². The van der Waals surface area contributed by atoms with Crippen molar-refractivity contribution in [1.82, 2.24) is 24.7 Å². The molecule has 1 unspecified atom stereocenters. The lowest BCUT2D eigenvalue weighted by Gasteiger charge is -2.10. The molecule has 0 aliphatic rings. The molecular formula is C17H21N5O4S2. The Balaban J connectivity index is 1.96. The average Bonchev–Trinajstić information content (AvgIpc) is 3.17. The van der Waals surface area contributed by atoms with Crippen molar-refractivity contribution in [3.05, 3.63) is 37.1 Å². The van der Waals surface area contributed by atoms with E-state index in [1.807, 2.05) is 13.8 Å². The van der Waals surface area contributed by atoms with Crippen LogP contribution in [0, 0.1) is 6.92 Å². The molecule has 3 rings (SSSR count). The highest BCUT2D eigenvalue weighted by atomic mass is 32.2. The summed E-state index contributed by atoms with van der Waals surface area (Å²) < 4.78 is 6.62. The Bertz CT molecular complexity index is 1130. The van der Waals surface area contributed by atoms with E-state index in [0.29, 0.717) is 38.2 Å². The average molecular weight is 424 g/mol. The van der Waals surface area contributed by atoms with Gasteiger partial charge in [-0.1, -0.05) is 18.7 Å². The van der Waals surface area contributed by atoms with Crippen molar-refractivity contribution >= 4 is 39.3 Å². The van der Waals surface area contributed by atoms with Gasteiger partial charge in [0, 0.05) is 6.54 Å². The summed E-state index contributed by atoms with van der Waals surface area (Å²) in [6.07, 6.45) is 0.799. The number of fused-ring (bicyclic) bond motifs is 1. The van der Waals surface area contributed by atoms with Gasteiger partial charge in [-0.05, 0) is 32.8 Å². The number of aromatic nitrogens is 5. The Morgan fingerprint density at radius 3 is 2.79 bits per heavy atom. The molecule has 0 aliphatic heterocycles. The van der Waals surface area contributed by atoms with Crippen LogP contribution in [-0.2, 0) is 11.3 Å². The van der Waals surface area contributed by atoms with E-state index < -0.39 is 5.97 Å². The maximum absolute atomic E-state index is 12.6. The lowest BCUT2D eigenvalue weighted by molar-refractivity contribution is 0.0531. The van der Waals surface area contributed by atoms with Gasteiger partial charge in [-0.3, -0.25) is 9.36 Å². The van der Waals surface area contributed by atoms with Gasteiger partial charge in [-0.15, -0.1) is 16.4 Å². The van der Waals surface area contributed by atoms with Gasteiger partial charge in [-0.2, -0.15) is 0 Å². The number of carbonyl (C=O) groups is 1. The third-order valence-electron chi connectivity index (χ3n) is 4.12. The predicted molar refractivity (Wildman–Crippen MR) is 108 cm³/mol. The summed E-state index contributed by atoms with van der Waals surface area (Å²) in [6, 6.07) is 0. The molecule has 1 atom stereocenters. The maximum atomic E-state index is 12.6. The number of thioether (sulfide) groups is 1. The highest BCUT2D eigenvalue weighted by Gasteiger charge is 2.22. The highest BCUT2D eigenvalue weighted by molar-refractivity contribution is 7.99. The number of H-pyrrole nitrogens is 2. The fraction of sp³-hybridized carbons (Fsp3) is 0.471. The summed E-state index contributed by atoms with van der Waals surface area (Å²) in [7, 11) is 0. The van der Waals surface area contributed by atoms with Crippen molar-refractivity contribution < 1.29 is 9.53 Å². The summed E-state index contributed by atoms with van der Waals surface area (Å²) in [5, 5.41) is 7.19. The van der Waals surface area contributed by atoms with E-state index in [0.717, 1.165) is 17.8 Å². The number of hydrogen-bond donors (Lipinski definition) is 2. The van der Waals surface area contributed by atoms with Crippen LogP contribution in [0.2, 0.25) is 0 Å². The number of carbonyl (C=O) groups excluding carboxylic acids is 1. The number of thiophene rings is 1. The molecule has 0 saturated carbocycles. The molecule has 3 heterocycles. The van der Waals surface area contributed by atoms with Crippen molar-refractivity contribution in [2.24, 2.45) is 0 Å². The molecule has 0 spiro atoms. The number of nitrogens with one attached hydrogen (secondary N) is 2. The Morgan fingerprint density at radius 2 is 2.11 bits per heavy atom. The second kappa shape index (κ2) is 8.31. The summed E-state index contributed by atoms with van der Waals surface area (Å²) in [5.41, 5.74) is 0.00859. The largest absolute Gasteiger partial charge is 0.462 e. The second-order valence-electron chi connectivity index (χ2n) is 6.13. The van der Waals surface area contributed by atoms with Gasteiger partial charge in [0.1, 0.15) is 15.5 Å². The normalized spacial score (nSPS) is 12.4. The minimum Gasteiger partial charge on any atom is -0.462 e. The minimum absolute atomic E-state index is 0.253. The molecule has 2 N–H and O–H groups in total. The van der Waals surface area contributed by atoms with Crippen molar-refractivity contribution in [2.45, 2.75) is 51.1 Å². The lowest BCUT2D eigenvalue weighted by Crippen LogP contribution is -2.17. The first-order valence-electron chi connectivity index (χ1n) is 8.89. The molecular weight excluding hydrogens is 402 g/mol. The molecule has 0 bridgehead atoms. The number of esters is 1. The summed E-state index contributed by atoms with van der Waals surface area (Å²) in [5.74, 6) is 0.00383. The van der Waals surface area contributed by atoms with Crippen molar-refractivity contribution in [2.75, 3.05) is 6.61 Å². The summed E-state index contributed by atoms with van der Waals surface area (Å²) in [6.45, 7) is 8.11. The molecule has 28 heavy (non-hydrogen) atoms. The van der Waals surface area contributed by atoms with Crippen LogP contribution in [0.5, 0.6) is 0 Å². The number of ether oxygens (including phenoxy) is 1. The number of aryl methyl sites for hydroxylation is 1. The fourth-order valence-corrected chi connectivity index (χ4v) is 4.79. The number of rotatable bonds is 7. The van der Waals surface area contributed by atoms with Crippen LogP contribution in [0.25, 0.3) is 10.2 Å².